The van der Waals surface area contributed by atoms with E-state index in [1.165, 1.54) is 0 Å². The molecule has 0 fully saturated rings. The second-order valence-electron chi connectivity index (χ2n) is 4.08. The maximum atomic E-state index is 12.2. The maximum Gasteiger partial charge on any atom is 0.288 e. The van der Waals surface area contributed by atoms with Crippen molar-refractivity contribution in [1.82, 2.24) is 0 Å². The molecule has 0 heterocycles. The van der Waals surface area contributed by atoms with Gasteiger partial charge < -0.3 is 5.32 Å². The Bertz CT molecular complexity index is 620. The average Bonchev–Trinajstić information content (AvgIpc) is 2.44. The summed E-state index contributed by atoms with van der Waals surface area (Å²) in [7, 11) is 0. The first kappa shape index (κ1) is 16.7. The Balaban J connectivity index is 2.05. The Morgan fingerprint density at radius 1 is 0.952 bits per heavy atom. The number of thioether (sulfide) groups is 1. The summed E-state index contributed by atoms with van der Waals surface area (Å²) in [5, 5.41) is 4.48. The van der Waals surface area contributed by atoms with Crippen LogP contribution in [0.2, 0.25) is 15.1 Å². The van der Waals surface area contributed by atoms with Gasteiger partial charge in [-0.15, -0.1) is 0 Å². The third kappa shape index (κ3) is 4.65. The van der Waals surface area contributed by atoms with Crippen LogP contribution in [-0.2, 0) is 6.54 Å². The zero-order valence-corrected chi connectivity index (χ0v) is 13.6. The third-order valence-electron chi connectivity index (χ3n) is 2.69. The van der Waals surface area contributed by atoms with Crippen molar-refractivity contribution in [2.24, 2.45) is 0 Å². The van der Waals surface area contributed by atoms with E-state index in [0.29, 0.717) is 43.8 Å². The summed E-state index contributed by atoms with van der Waals surface area (Å²) in [6.45, 7) is 0.388. The Kier molecular flexibility index (Phi) is 5.99. The highest BCUT2D eigenvalue weighted by molar-refractivity contribution is 7.99. The Labute approximate surface area is 140 Å². The van der Waals surface area contributed by atoms with Crippen LogP contribution in [0.15, 0.2) is 41.3 Å². The van der Waals surface area contributed by atoms with Crippen molar-refractivity contribution in [2.45, 2.75) is 17.2 Å². The zero-order valence-electron chi connectivity index (χ0n) is 10.5. The fourth-order valence-electron chi connectivity index (χ4n) is 1.68. The molecule has 0 saturated heterocycles. The van der Waals surface area contributed by atoms with Gasteiger partial charge in [-0.25, -0.2) is 0 Å². The standard InChI is InChI=1S/C14H10Cl3F2NS/c15-11-5-6-12(16)13(17)10(11)7-20-8-1-3-9(4-2-8)21-14(18)19/h1-6,14,20H,7H2. The van der Waals surface area contributed by atoms with Crippen molar-refractivity contribution >= 4 is 52.3 Å². The van der Waals surface area contributed by atoms with Gasteiger partial charge in [0.15, 0.2) is 0 Å². The summed E-state index contributed by atoms with van der Waals surface area (Å²) < 4.78 is 24.4. The van der Waals surface area contributed by atoms with Crippen LogP contribution < -0.4 is 5.32 Å². The predicted octanol–water partition coefficient (Wildman–Crippen LogP) is 6.57. The highest BCUT2D eigenvalue weighted by Crippen LogP contribution is 2.32. The zero-order chi connectivity index (χ0) is 15.4. The summed E-state index contributed by atoms with van der Waals surface area (Å²) in [4.78, 5) is 0.509. The molecule has 0 aliphatic rings. The fourth-order valence-corrected chi connectivity index (χ4v) is 2.86. The van der Waals surface area contributed by atoms with Crippen molar-refractivity contribution in [2.75, 3.05) is 5.32 Å². The summed E-state index contributed by atoms with van der Waals surface area (Å²) in [5.41, 5.74) is 1.47. The molecule has 0 spiro atoms. The Morgan fingerprint density at radius 3 is 2.19 bits per heavy atom. The smallest absolute Gasteiger partial charge is 0.288 e. The first-order valence-corrected chi connectivity index (χ1v) is 7.90. The van der Waals surface area contributed by atoms with Crippen LogP contribution >= 0.6 is 46.6 Å². The van der Waals surface area contributed by atoms with Gasteiger partial charge in [0.1, 0.15) is 0 Å². The molecule has 1 N–H and O–H groups in total. The summed E-state index contributed by atoms with van der Waals surface area (Å²) in [5.74, 6) is -2.42. The molecular weight excluding hydrogens is 359 g/mol. The molecule has 0 bridgehead atoms. The van der Waals surface area contributed by atoms with Crippen LogP contribution in [0.4, 0.5) is 14.5 Å². The van der Waals surface area contributed by atoms with E-state index in [-0.39, 0.29) is 0 Å². The van der Waals surface area contributed by atoms with Gasteiger partial charge in [0.05, 0.1) is 10.0 Å². The molecule has 0 aliphatic heterocycles. The molecule has 0 radical (unpaired) electrons. The van der Waals surface area contributed by atoms with E-state index >= 15 is 0 Å². The molecule has 1 nitrogen and oxygen atoms in total. The molecule has 21 heavy (non-hydrogen) atoms. The number of hydrogen-bond donors (Lipinski definition) is 1. The molecule has 0 aliphatic carbocycles. The van der Waals surface area contributed by atoms with E-state index in [2.05, 4.69) is 5.32 Å². The van der Waals surface area contributed by atoms with Crippen LogP contribution in [0.25, 0.3) is 0 Å². The van der Waals surface area contributed by atoms with Gasteiger partial charge in [-0.3, -0.25) is 0 Å². The molecule has 0 saturated carbocycles. The highest BCUT2D eigenvalue weighted by atomic mass is 35.5. The van der Waals surface area contributed by atoms with E-state index in [9.17, 15) is 8.78 Å². The molecule has 2 rings (SSSR count). The molecule has 7 heteroatoms. The van der Waals surface area contributed by atoms with Gasteiger partial charge in [-0.2, -0.15) is 8.78 Å². The van der Waals surface area contributed by atoms with Crippen molar-refractivity contribution in [1.29, 1.82) is 0 Å². The molecule has 0 amide bonds. The first-order valence-electron chi connectivity index (χ1n) is 5.88. The quantitative estimate of drug-likeness (QED) is 0.473. The average molecular weight is 369 g/mol. The van der Waals surface area contributed by atoms with E-state index in [4.69, 9.17) is 34.8 Å². The van der Waals surface area contributed by atoms with Gasteiger partial charge in [0.25, 0.3) is 5.76 Å². The van der Waals surface area contributed by atoms with Gasteiger partial charge >= 0.3 is 0 Å². The summed E-state index contributed by atoms with van der Waals surface area (Å²) in [6, 6.07) is 10.00. The van der Waals surface area contributed by atoms with Crippen LogP contribution in [-0.4, -0.2) is 5.76 Å². The molecule has 0 atom stereocenters. The fraction of sp³-hybridized carbons (Fsp3) is 0.143. The minimum atomic E-state index is -2.42. The number of nitrogens with one attached hydrogen (secondary N) is 1. The van der Waals surface area contributed by atoms with E-state index < -0.39 is 5.76 Å². The van der Waals surface area contributed by atoms with Crippen LogP contribution in [0.5, 0.6) is 0 Å². The lowest BCUT2D eigenvalue weighted by molar-refractivity contribution is 0.252. The number of benzene rings is 2. The minimum Gasteiger partial charge on any atom is -0.381 e. The Morgan fingerprint density at radius 2 is 1.57 bits per heavy atom. The van der Waals surface area contributed by atoms with E-state index in [1.54, 1.807) is 36.4 Å². The monoisotopic (exact) mass is 367 g/mol. The van der Waals surface area contributed by atoms with Crippen molar-refractivity contribution in [3.63, 3.8) is 0 Å². The molecule has 0 aromatic heterocycles. The van der Waals surface area contributed by atoms with Gasteiger partial charge in [-0.1, -0.05) is 46.6 Å². The molecule has 2 aromatic carbocycles. The highest BCUT2D eigenvalue weighted by Gasteiger charge is 2.09. The second kappa shape index (κ2) is 7.54. The first-order chi connectivity index (χ1) is 9.97. The lowest BCUT2D eigenvalue weighted by atomic mass is 10.2. The van der Waals surface area contributed by atoms with Crippen LogP contribution in [0, 0.1) is 0 Å². The predicted molar refractivity (Wildman–Crippen MR) is 87.1 cm³/mol. The third-order valence-corrected chi connectivity index (χ3v) is 4.61. The van der Waals surface area contributed by atoms with Gasteiger partial charge in [0.2, 0.25) is 0 Å². The molecule has 0 unspecified atom stereocenters. The maximum absolute atomic E-state index is 12.2. The number of anilines is 1. The second-order valence-corrected chi connectivity index (χ2v) is 6.33. The number of alkyl halides is 2. The lowest BCUT2D eigenvalue weighted by Gasteiger charge is -2.11. The summed E-state index contributed by atoms with van der Waals surface area (Å²) >= 11 is 18.6. The largest absolute Gasteiger partial charge is 0.381 e. The number of halogens is 5. The van der Waals surface area contributed by atoms with Crippen molar-refractivity contribution in [3.8, 4) is 0 Å². The van der Waals surface area contributed by atoms with Crippen molar-refractivity contribution in [3.05, 3.63) is 57.0 Å². The number of hydrogen-bond acceptors (Lipinski definition) is 2. The lowest BCUT2D eigenvalue weighted by Crippen LogP contribution is -2.01. The normalized spacial score (nSPS) is 11.0. The van der Waals surface area contributed by atoms with E-state index in [0.717, 1.165) is 5.69 Å². The molecule has 112 valence electrons. The van der Waals surface area contributed by atoms with Crippen molar-refractivity contribution < 1.29 is 8.78 Å². The van der Waals surface area contributed by atoms with E-state index in [1.807, 2.05) is 0 Å². The van der Waals surface area contributed by atoms with Crippen LogP contribution in [0.1, 0.15) is 5.56 Å². The molecular formula is C14H10Cl3F2NS. The minimum absolute atomic E-state index is 0.388. The molecule has 2 aromatic rings. The van der Waals surface area contributed by atoms with Gasteiger partial charge in [-0.05, 0) is 36.4 Å². The summed E-state index contributed by atoms with van der Waals surface area (Å²) in [6.07, 6.45) is 0. The van der Waals surface area contributed by atoms with Gasteiger partial charge in [0, 0.05) is 27.7 Å². The topological polar surface area (TPSA) is 12.0 Å². The Hall–Kier alpha value is -0.680. The number of rotatable bonds is 5. The SMILES string of the molecule is FC(F)Sc1ccc(NCc2c(Cl)ccc(Cl)c2Cl)cc1. The van der Waals surface area contributed by atoms with Crippen LogP contribution in [0.3, 0.4) is 0 Å².